The van der Waals surface area contributed by atoms with Crippen LogP contribution >= 0.6 is 31.9 Å². The molecule has 0 saturated carbocycles. The third kappa shape index (κ3) is 3.99. The van der Waals surface area contributed by atoms with Crippen LogP contribution in [0.1, 0.15) is 30.9 Å². The molecule has 0 heterocycles. The first-order chi connectivity index (χ1) is 8.60. The highest BCUT2D eigenvalue weighted by molar-refractivity contribution is 9.09. The second-order valence-corrected chi connectivity index (χ2v) is 6.13. The first-order valence-corrected chi connectivity index (χ1v) is 8.60. The van der Waals surface area contributed by atoms with Crippen LogP contribution in [-0.4, -0.2) is 17.8 Å². The van der Waals surface area contributed by atoms with Crippen molar-refractivity contribution in [3.8, 4) is 5.75 Å². The number of hydrogen-bond acceptors (Lipinski definition) is 1. The minimum absolute atomic E-state index is 0.274. The maximum atomic E-state index is 5.48. The average Bonchev–Trinajstić information content (AvgIpc) is 2.38. The van der Waals surface area contributed by atoms with Crippen molar-refractivity contribution in [1.82, 2.24) is 0 Å². The van der Waals surface area contributed by atoms with Crippen LogP contribution in [0, 0.1) is 12.3 Å². The van der Waals surface area contributed by atoms with E-state index in [0.717, 1.165) is 22.8 Å². The van der Waals surface area contributed by atoms with Gasteiger partial charge in [0.25, 0.3) is 0 Å². The number of methoxy groups -OCH3 is 1. The first-order valence-electron chi connectivity index (χ1n) is 6.36. The van der Waals surface area contributed by atoms with Crippen LogP contribution < -0.4 is 4.74 Å². The summed E-state index contributed by atoms with van der Waals surface area (Å²) < 4.78 is 5.48. The van der Waals surface area contributed by atoms with Gasteiger partial charge in [-0.2, -0.15) is 0 Å². The van der Waals surface area contributed by atoms with Gasteiger partial charge in [-0.25, -0.2) is 0 Å². The van der Waals surface area contributed by atoms with Gasteiger partial charge in [0.15, 0.2) is 0 Å². The van der Waals surface area contributed by atoms with Crippen molar-refractivity contribution in [2.75, 3.05) is 17.8 Å². The van der Waals surface area contributed by atoms with Crippen molar-refractivity contribution in [2.24, 2.45) is 5.41 Å². The molecule has 0 bridgehead atoms. The molecule has 0 fully saturated rings. The van der Waals surface area contributed by atoms with Gasteiger partial charge >= 0.3 is 0 Å². The topological polar surface area (TPSA) is 9.23 Å². The van der Waals surface area contributed by atoms with Crippen molar-refractivity contribution >= 4 is 31.9 Å². The SMILES string of the molecule is CCCC(CBr)(CBr)Cc1cc(C)ccc1OC. The highest BCUT2D eigenvalue weighted by Gasteiger charge is 2.28. The first kappa shape index (κ1) is 16.0. The molecule has 0 amide bonds. The van der Waals surface area contributed by atoms with Crippen LogP contribution in [-0.2, 0) is 6.42 Å². The van der Waals surface area contributed by atoms with E-state index in [1.54, 1.807) is 7.11 Å². The predicted octanol–water partition coefficient (Wildman–Crippen LogP) is 5.12. The molecule has 102 valence electrons. The van der Waals surface area contributed by atoms with Crippen LogP contribution in [0.3, 0.4) is 0 Å². The van der Waals surface area contributed by atoms with Gasteiger partial charge in [-0.05, 0) is 36.8 Å². The summed E-state index contributed by atoms with van der Waals surface area (Å²) in [6, 6.07) is 6.42. The summed E-state index contributed by atoms with van der Waals surface area (Å²) in [5.74, 6) is 1.00. The minimum Gasteiger partial charge on any atom is -0.496 e. The zero-order valence-electron chi connectivity index (χ0n) is 11.4. The Hall–Kier alpha value is -0.0200. The summed E-state index contributed by atoms with van der Waals surface area (Å²) >= 11 is 7.37. The van der Waals surface area contributed by atoms with Crippen LogP contribution in [0.25, 0.3) is 0 Å². The molecular formula is C15H22Br2O. The molecule has 0 atom stereocenters. The van der Waals surface area contributed by atoms with Gasteiger partial charge in [0, 0.05) is 10.7 Å². The maximum absolute atomic E-state index is 5.48. The lowest BCUT2D eigenvalue weighted by molar-refractivity contribution is 0.340. The molecule has 0 radical (unpaired) electrons. The molecule has 18 heavy (non-hydrogen) atoms. The smallest absolute Gasteiger partial charge is 0.122 e. The number of rotatable bonds is 7. The molecule has 1 aromatic rings. The Morgan fingerprint density at radius 2 is 1.89 bits per heavy atom. The van der Waals surface area contributed by atoms with E-state index in [-0.39, 0.29) is 5.41 Å². The fourth-order valence-electron chi connectivity index (χ4n) is 2.33. The highest BCUT2D eigenvalue weighted by atomic mass is 79.9. The summed E-state index contributed by atoms with van der Waals surface area (Å²) in [4.78, 5) is 0. The Morgan fingerprint density at radius 3 is 2.39 bits per heavy atom. The third-order valence-electron chi connectivity index (χ3n) is 3.35. The second-order valence-electron chi connectivity index (χ2n) is 5.01. The summed E-state index contributed by atoms with van der Waals surface area (Å²) in [5.41, 5.74) is 2.88. The Balaban J connectivity index is 3.02. The van der Waals surface area contributed by atoms with Gasteiger partial charge < -0.3 is 4.74 Å². The van der Waals surface area contributed by atoms with Crippen LogP contribution in [0.5, 0.6) is 5.75 Å². The molecule has 0 spiro atoms. The summed E-state index contributed by atoms with van der Waals surface area (Å²) in [6.07, 6.45) is 3.45. The molecule has 0 aliphatic carbocycles. The lowest BCUT2D eigenvalue weighted by Gasteiger charge is -2.30. The maximum Gasteiger partial charge on any atom is 0.122 e. The fraction of sp³-hybridized carbons (Fsp3) is 0.600. The monoisotopic (exact) mass is 376 g/mol. The zero-order chi connectivity index (χ0) is 13.6. The molecule has 0 aliphatic rings. The molecule has 1 aromatic carbocycles. The van der Waals surface area contributed by atoms with Gasteiger partial charge in [-0.3, -0.25) is 0 Å². The van der Waals surface area contributed by atoms with Crippen molar-refractivity contribution < 1.29 is 4.74 Å². The standard InChI is InChI=1S/C15H22Br2O/c1-4-7-15(10-16,11-17)9-13-8-12(2)5-6-14(13)18-3/h5-6,8H,4,7,9-11H2,1-3H3. The van der Waals surface area contributed by atoms with Crippen molar-refractivity contribution in [3.63, 3.8) is 0 Å². The Kier molecular flexibility index (Phi) is 6.72. The van der Waals surface area contributed by atoms with E-state index >= 15 is 0 Å². The number of hydrogen-bond donors (Lipinski definition) is 0. The van der Waals surface area contributed by atoms with Crippen molar-refractivity contribution in [3.05, 3.63) is 29.3 Å². The van der Waals surface area contributed by atoms with E-state index in [0.29, 0.717) is 0 Å². The van der Waals surface area contributed by atoms with Crippen LogP contribution in [0.2, 0.25) is 0 Å². The van der Waals surface area contributed by atoms with E-state index in [2.05, 4.69) is 63.9 Å². The van der Waals surface area contributed by atoms with Crippen LogP contribution in [0.4, 0.5) is 0 Å². The quantitative estimate of drug-likeness (QED) is 0.599. The van der Waals surface area contributed by atoms with E-state index in [1.165, 1.54) is 24.0 Å². The van der Waals surface area contributed by atoms with Crippen LogP contribution in [0.15, 0.2) is 18.2 Å². The van der Waals surface area contributed by atoms with E-state index < -0.39 is 0 Å². The van der Waals surface area contributed by atoms with Crippen molar-refractivity contribution in [1.29, 1.82) is 0 Å². The lowest BCUT2D eigenvalue weighted by atomic mass is 9.81. The van der Waals surface area contributed by atoms with E-state index in [4.69, 9.17) is 4.74 Å². The normalized spacial score (nSPS) is 11.6. The summed E-state index contributed by atoms with van der Waals surface area (Å²) in [5, 5.41) is 2.02. The second kappa shape index (κ2) is 7.54. The van der Waals surface area contributed by atoms with Crippen molar-refractivity contribution in [2.45, 2.75) is 33.1 Å². The molecule has 0 aliphatic heterocycles. The molecular weight excluding hydrogens is 356 g/mol. The number of halogens is 2. The molecule has 1 nitrogen and oxygen atoms in total. The molecule has 1 rings (SSSR count). The Bertz CT molecular complexity index is 373. The van der Waals surface area contributed by atoms with E-state index in [1.807, 2.05) is 0 Å². The number of alkyl halides is 2. The lowest BCUT2D eigenvalue weighted by Crippen LogP contribution is -2.27. The Morgan fingerprint density at radius 1 is 1.22 bits per heavy atom. The average molecular weight is 378 g/mol. The molecule has 0 unspecified atom stereocenters. The molecule has 3 heteroatoms. The van der Waals surface area contributed by atoms with Gasteiger partial charge in [0.1, 0.15) is 5.75 Å². The number of ether oxygens (including phenoxy) is 1. The highest BCUT2D eigenvalue weighted by Crippen LogP contribution is 2.36. The zero-order valence-corrected chi connectivity index (χ0v) is 14.6. The number of benzene rings is 1. The summed E-state index contributed by atoms with van der Waals surface area (Å²) in [7, 11) is 1.75. The molecule has 0 N–H and O–H groups in total. The van der Waals surface area contributed by atoms with E-state index in [9.17, 15) is 0 Å². The number of aryl methyl sites for hydroxylation is 1. The predicted molar refractivity (Wildman–Crippen MR) is 86.4 cm³/mol. The third-order valence-corrected chi connectivity index (χ3v) is 5.73. The largest absolute Gasteiger partial charge is 0.496 e. The Labute approximate surface area is 128 Å². The van der Waals surface area contributed by atoms with Gasteiger partial charge in [0.05, 0.1) is 7.11 Å². The minimum atomic E-state index is 0.274. The van der Waals surface area contributed by atoms with Gasteiger partial charge in [-0.1, -0.05) is 62.9 Å². The summed E-state index contributed by atoms with van der Waals surface area (Å²) in [6.45, 7) is 4.38. The molecule has 0 saturated heterocycles. The molecule has 0 aromatic heterocycles. The van der Waals surface area contributed by atoms with Gasteiger partial charge in [-0.15, -0.1) is 0 Å². The van der Waals surface area contributed by atoms with Gasteiger partial charge in [0.2, 0.25) is 0 Å². The fourth-order valence-corrected chi connectivity index (χ4v) is 4.22.